The van der Waals surface area contributed by atoms with Gasteiger partial charge in [0, 0.05) is 25.4 Å². The van der Waals surface area contributed by atoms with Crippen LogP contribution in [0.3, 0.4) is 0 Å². The standard InChI is InChI=1S/C23H25N3O5/c1-4-31-19-11-9-18(10-12-19)25-21-20(22(28)26(23(21)29)13-14-30-3)16-5-7-17(8-6-16)24-15(2)27/h5-12,25H,4,13-14H2,1-3H3,(H,24,27). The lowest BCUT2D eigenvalue weighted by atomic mass is 10.0. The second-order valence-corrected chi connectivity index (χ2v) is 6.85. The van der Waals surface area contributed by atoms with Crippen LogP contribution in [0.4, 0.5) is 11.4 Å². The van der Waals surface area contributed by atoms with Crippen molar-refractivity contribution in [2.24, 2.45) is 0 Å². The van der Waals surface area contributed by atoms with E-state index < -0.39 is 11.8 Å². The minimum absolute atomic E-state index is 0.149. The van der Waals surface area contributed by atoms with E-state index in [2.05, 4.69) is 10.6 Å². The zero-order valence-corrected chi connectivity index (χ0v) is 17.7. The lowest BCUT2D eigenvalue weighted by Crippen LogP contribution is -2.35. The molecule has 2 aromatic rings. The minimum atomic E-state index is -0.420. The van der Waals surface area contributed by atoms with Crippen LogP contribution < -0.4 is 15.4 Å². The molecule has 0 radical (unpaired) electrons. The highest BCUT2D eigenvalue weighted by molar-refractivity contribution is 6.36. The molecule has 1 aliphatic rings. The Balaban J connectivity index is 1.95. The molecule has 2 N–H and O–H groups in total. The maximum Gasteiger partial charge on any atom is 0.278 e. The minimum Gasteiger partial charge on any atom is -0.494 e. The van der Waals surface area contributed by atoms with Gasteiger partial charge in [0.1, 0.15) is 11.4 Å². The van der Waals surface area contributed by atoms with Crippen molar-refractivity contribution in [3.8, 4) is 5.75 Å². The van der Waals surface area contributed by atoms with Gasteiger partial charge in [-0.1, -0.05) is 12.1 Å². The number of methoxy groups -OCH3 is 1. The molecule has 0 aliphatic carbocycles. The molecule has 0 fully saturated rings. The Bertz CT molecular complexity index is 997. The third-order valence-electron chi connectivity index (χ3n) is 4.62. The molecule has 1 heterocycles. The van der Waals surface area contributed by atoms with Gasteiger partial charge in [0.15, 0.2) is 0 Å². The van der Waals surface area contributed by atoms with Crippen molar-refractivity contribution in [3.05, 3.63) is 59.8 Å². The fraction of sp³-hybridized carbons (Fsp3) is 0.261. The van der Waals surface area contributed by atoms with Crippen molar-refractivity contribution in [2.75, 3.05) is 37.5 Å². The van der Waals surface area contributed by atoms with Gasteiger partial charge in [0.05, 0.1) is 25.3 Å². The fourth-order valence-corrected chi connectivity index (χ4v) is 3.21. The number of carbonyl (C=O) groups excluding carboxylic acids is 3. The molecule has 8 nitrogen and oxygen atoms in total. The van der Waals surface area contributed by atoms with Gasteiger partial charge in [-0.2, -0.15) is 0 Å². The van der Waals surface area contributed by atoms with E-state index in [0.29, 0.717) is 29.3 Å². The first kappa shape index (κ1) is 22.0. The zero-order chi connectivity index (χ0) is 22.4. The van der Waals surface area contributed by atoms with Gasteiger partial charge in [-0.3, -0.25) is 19.3 Å². The number of imide groups is 1. The molecule has 3 amide bonds. The number of carbonyl (C=O) groups is 3. The number of nitrogens with zero attached hydrogens (tertiary/aromatic N) is 1. The SMILES string of the molecule is CCOc1ccc(NC2=C(c3ccc(NC(C)=O)cc3)C(=O)N(CCOC)C2=O)cc1. The third kappa shape index (κ3) is 5.10. The summed E-state index contributed by atoms with van der Waals surface area (Å²) in [4.78, 5) is 38.5. The number of anilines is 2. The highest BCUT2D eigenvalue weighted by Gasteiger charge is 2.38. The summed E-state index contributed by atoms with van der Waals surface area (Å²) in [6.07, 6.45) is 0. The largest absolute Gasteiger partial charge is 0.494 e. The van der Waals surface area contributed by atoms with Gasteiger partial charge in [0.2, 0.25) is 5.91 Å². The van der Waals surface area contributed by atoms with Crippen molar-refractivity contribution in [1.29, 1.82) is 0 Å². The van der Waals surface area contributed by atoms with Gasteiger partial charge >= 0.3 is 0 Å². The Hall–Kier alpha value is -3.65. The summed E-state index contributed by atoms with van der Waals surface area (Å²) in [6, 6.07) is 13.9. The first-order chi connectivity index (χ1) is 14.9. The second-order valence-electron chi connectivity index (χ2n) is 6.85. The number of benzene rings is 2. The average Bonchev–Trinajstić information content (AvgIpc) is 2.98. The maximum absolute atomic E-state index is 13.1. The first-order valence-corrected chi connectivity index (χ1v) is 9.92. The Morgan fingerprint density at radius 3 is 2.19 bits per heavy atom. The molecule has 31 heavy (non-hydrogen) atoms. The van der Waals surface area contributed by atoms with Gasteiger partial charge < -0.3 is 20.1 Å². The van der Waals surface area contributed by atoms with Crippen LogP contribution in [0.25, 0.3) is 5.57 Å². The average molecular weight is 423 g/mol. The van der Waals surface area contributed by atoms with Gasteiger partial charge in [0.25, 0.3) is 11.8 Å². The van der Waals surface area contributed by atoms with Crippen molar-refractivity contribution >= 4 is 34.7 Å². The molecule has 3 rings (SSSR count). The maximum atomic E-state index is 13.1. The second kappa shape index (κ2) is 9.90. The van der Waals surface area contributed by atoms with E-state index >= 15 is 0 Å². The summed E-state index contributed by atoms with van der Waals surface area (Å²) in [7, 11) is 1.51. The molecule has 8 heteroatoms. The third-order valence-corrected chi connectivity index (χ3v) is 4.62. The monoisotopic (exact) mass is 423 g/mol. The van der Waals surface area contributed by atoms with Gasteiger partial charge in [-0.25, -0.2) is 0 Å². The summed E-state index contributed by atoms with van der Waals surface area (Å²) in [6.45, 7) is 4.26. The van der Waals surface area contributed by atoms with E-state index in [1.165, 1.54) is 14.0 Å². The molecule has 162 valence electrons. The summed E-state index contributed by atoms with van der Waals surface area (Å²) >= 11 is 0. The number of hydrogen-bond donors (Lipinski definition) is 2. The summed E-state index contributed by atoms with van der Waals surface area (Å²) < 4.78 is 10.5. The predicted molar refractivity (Wildman–Crippen MR) is 117 cm³/mol. The van der Waals surface area contributed by atoms with E-state index in [0.717, 1.165) is 4.90 Å². The Morgan fingerprint density at radius 1 is 0.968 bits per heavy atom. The quantitative estimate of drug-likeness (QED) is 0.602. The van der Waals surface area contributed by atoms with Gasteiger partial charge in [-0.15, -0.1) is 0 Å². The molecule has 0 spiro atoms. The summed E-state index contributed by atoms with van der Waals surface area (Å²) in [5.41, 5.74) is 2.29. The van der Waals surface area contributed by atoms with Crippen molar-refractivity contribution in [3.63, 3.8) is 0 Å². The van der Waals surface area contributed by atoms with Crippen LogP contribution in [0.15, 0.2) is 54.2 Å². The van der Waals surface area contributed by atoms with Gasteiger partial charge in [-0.05, 0) is 48.9 Å². The number of amides is 3. The van der Waals surface area contributed by atoms with E-state index in [-0.39, 0.29) is 30.3 Å². The molecular weight excluding hydrogens is 398 g/mol. The van der Waals surface area contributed by atoms with Crippen molar-refractivity contribution in [1.82, 2.24) is 4.90 Å². The van der Waals surface area contributed by atoms with E-state index in [4.69, 9.17) is 9.47 Å². The van der Waals surface area contributed by atoms with Crippen LogP contribution in [-0.4, -0.2) is 49.5 Å². The van der Waals surface area contributed by atoms with Crippen molar-refractivity contribution < 1.29 is 23.9 Å². The molecule has 0 unspecified atom stereocenters. The van der Waals surface area contributed by atoms with Crippen molar-refractivity contribution in [2.45, 2.75) is 13.8 Å². The number of rotatable bonds is 9. The lowest BCUT2D eigenvalue weighted by molar-refractivity contribution is -0.137. The molecule has 0 saturated carbocycles. The van der Waals surface area contributed by atoms with Crippen LogP contribution >= 0.6 is 0 Å². The fourth-order valence-electron chi connectivity index (χ4n) is 3.21. The molecular formula is C23H25N3O5. The number of nitrogens with one attached hydrogen (secondary N) is 2. The van der Waals surface area contributed by atoms with Crippen LogP contribution in [0, 0.1) is 0 Å². The van der Waals surface area contributed by atoms with E-state index in [9.17, 15) is 14.4 Å². The van der Waals surface area contributed by atoms with Crippen LogP contribution in [0.5, 0.6) is 5.75 Å². The molecule has 0 aromatic heterocycles. The zero-order valence-electron chi connectivity index (χ0n) is 17.7. The van der Waals surface area contributed by atoms with Crippen LogP contribution in [-0.2, 0) is 19.1 Å². The molecule has 1 aliphatic heterocycles. The molecule has 0 bridgehead atoms. The van der Waals surface area contributed by atoms with Crippen LogP contribution in [0.1, 0.15) is 19.4 Å². The lowest BCUT2D eigenvalue weighted by Gasteiger charge is -2.14. The number of ether oxygens (including phenoxy) is 2. The normalized spacial score (nSPS) is 13.6. The molecule has 0 saturated heterocycles. The first-order valence-electron chi connectivity index (χ1n) is 9.92. The molecule has 2 aromatic carbocycles. The molecule has 0 atom stereocenters. The van der Waals surface area contributed by atoms with E-state index in [1.807, 2.05) is 6.92 Å². The Morgan fingerprint density at radius 2 is 1.61 bits per heavy atom. The smallest absolute Gasteiger partial charge is 0.278 e. The highest BCUT2D eigenvalue weighted by Crippen LogP contribution is 2.31. The topological polar surface area (TPSA) is 97.0 Å². The Labute approximate surface area is 180 Å². The van der Waals surface area contributed by atoms with E-state index in [1.54, 1.807) is 48.5 Å². The summed E-state index contributed by atoms with van der Waals surface area (Å²) in [5.74, 6) is -0.298. The predicted octanol–water partition coefficient (Wildman–Crippen LogP) is 2.88. The van der Waals surface area contributed by atoms with Crippen LogP contribution in [0.2, 0.25) is 0 Å². The number of hydrogen-bond acceptors (Lipinski definition) is 6. The Kier molecular flexibility index (Phi) is 7.04. The summed E-state index contributed by atoms with van der Waals surface area (Å²) in [5, 5.41) is 5.78. The highest BCUT2D eigenvalue weighted by atomic mass is 16.5.